The lowest BCUT2D eigenvalue weighted by Crippen LogP contribution is -2.34. The van der Waals surface area contributed by atoms with Crippen LogP contribution in [0.3, 0.4) is 0 Å². The second-order valence-corrected chi connectivity index (χ2v) is 8.33. The number of likely N-dealkylation sites (N-methyl/N-ethyl adjacent to an activating group) is 1. The van der Waals surface area contributed by atoms with Crippen molar-refractivity contribution in [1.29, 1.82) is 0 Å². The van der Waals surface area contributed by atoms with Crippen LogP contribution >= 0.6 is 0 Å². The molecular weight excluding hydrogens is 347 g/mol. The molecule has 28 heavy (non-hydrogen) atoms. The molecule has 1 saturated carbocycles. The minimum absolute atomic E-state index is 0.308. The summed E-state index contributed by atoms with van der Waals surface area (Å²) in [7, 11) is 1.72. The number of fused-ring (bicyclic) bond motifs is 1. The quantitative estimate of drug-likeness (QED) is 0.682. The summed E-state index contributed by atoms with van der Waals surface area (Å²) < 4.78 is 14.5. The van der Waals surface area contributed by atoms with Crippen LogP contribution in [0.15, 0.2) is 48.5 Å². The van der Waals surface area contributed by atoms with Gasteiger partial charge < -0.3 is 4.90 Å². The summed E-state index contributed by atoms with van der Waals surface area (Å²) in [5.41, 5.74) is 7.51. The molecule has 4 rings (SSSR count). The first kappa shape index (κ1) is 19.2. The molecular formula is C25H31FN2. The Balaban J connectivity index is 1.62. The highest BCUT2D eigenvalue weighted by Crippen LogP contribution is 2.52. The molecule has 1 unspecified atom stereocenters. The maximum Gasteiger partial charge on any atom is 0.160 e. The van der Waals surface area contributed by atoms with Crippen molar-refractivity contribution in [1.82, 2.24) is 10.2 Å². The van der Waals surface area contributed by atoms with Gasteiger partial charge in [-0.25, -0.2) is 4.39 Å². The Morgan fingerprint density at radius 1 is 1.18 bits per heavy atom. The van der Waals surface area contributed by atoms with Crippen molar-refractivity contribution in [3.05, 3.63) is 76.4 Å². The van der Waals surface area contributed by atoms with E-state index in [-0.39, 0.29) is 5.41 Å². The maximum atomic E-state index is 14.5. The summed E-state index contributed by atoms with van der Waals surface area (Å²) in [4.78, 5) is 2.49. The molecule has 0 amide bonds. The first-order valence-corrected chi connectivity index (χ1v) is 10.5. The number of hydrogen-bond acceptors (Lipinski definition) is 2. The number of halogens is 1. The number of allylic oxidation sites excluding steroid dienone is 1. The molecule has 0 aromatic heterocycles. The first-order valence-electron chi connectivity index (χ1n) is 10.5. The zero-order valence-electron chi connectivity index (χ0n) is 17.3. The van der Waals surface area contributed by atoms with Crippen molar-refractivity contribution >= 4 is 5.70 Å². The molecule has 0 radical (unpaired) electrons. The molecule has 148 valence electrons. The molecule has 2 aliphatic rings. The van der Waals surface area contributed by atoms with Gasteiger partial charge in [-0.15, -0.1) is 0 Å². The van der Waals surface area contributed by atoms with Gasteiger partial charge in [0.25, 0.3) is 0 Å². The van der Waals surface area contributed by atoms with Gasteiger partial charge in [-0.2, -0.15) is 0 Å². The number of benzene rings is 2. The Labute approximate surface area is 168 Å². The van der Waals surface area contributed by atoms with E-state index < -0.39 is 6.30 Å². The van der Waals surface area contributed by atoms with E-state index in [9.17, 15) is 4.39 Å². The molecule has 2 nitrogen and oxygen atoms in total. The Morgan fingerprint density at radius 2 is 1.93 bits per heavy atom. The van der Waals surface area contributed by atoms with E-state index in [0.29, 0.717) is 0 Å². The summed E-state index contributed by atoms with van der Waals surface area (Å²) >= 11 is 0. The third kappa shape index (κ3) is 3.48. The highest BCUT2D eigenvalue weighted by molar-refractivity contribution is 5.69. The average Bonchev–Trinajstić information content (AvgIpc) is 3.52. The Bertz CT molecular complexity index is 865. The largest absolute Gasteiger partial charge is 0.367 e. The SMILES string of the molecule is CC/C=C1/c2ccc(C3(C(F)NC)CC3)cc2CCN1Cc1ccc(C)cc1. The molecule has 1 aliphatic carbocycles. The van der Waals surface area contributed by atoms with Gasteiger partial charge in [-0.3, -0.25) is 5.32 Å². The number of nitrogens with one attached hydrogen (secondary N) is 1. The standard InChI is InChI=1S/C25H31FN2/c1-4-5-23-22-11-10-21(25(13-14-25)24(26)27-3)16-20(22)12-15-28(23)17-19-8-6-18(2)7-9-19/h5-11,16,24,27H,4,12-15,17H2,1-3H3/b23-5-. The Hall–Kier alpha value is -2.13. The second kappa shape index (κ2) is 7.71. The summed E-state index contributed by atoms with van der Waals surface area (Å²) in [5.74, 6) is 0. The van der Waals surface area contributed by atoms with Gasteiger partial charge in [0.05, 0.1) is 0 Å². The third-order valence-corrected chi connectivity index (χ3v) is 6.37. The van der Waals surface area contributed by atoms with E-state index >= 15 is 0 Å². The van der Waals surface area contributed by atoms with E-state index in [1.807, 2.05) is 0 Å². The van der Waals surface area contributed by atoms with Crippen molar-refractivity contribution in [2.24, 2.45) is 0 Å². The van der Waals surface area contributed by atoms with E-state index in [1.165, 1.54) is 28.0 Å². The third-order valence-electron chi connectivity index (χ3n) is 6.37. The molecule has 1 heterocycles. The lowest BCUT2D eigenvalue weighted by molar-refractivity contribution is 0.228. The van der Waals surface area contributed by atoms with Crippen LogP contribution in [-0.2, 0) is 18.4 Å². The fourth-order valence-corrected chi connectivity index (χ4v) is 4.52. The molecule has 3 heteroatoms. The van der Waals surface area contributed by atoms with E-state index in [2.05, 4.69) is 72.6 Å². The van der Waals surface area contributed by atoms with Gasteiger partial charge in [0, 0.05) is 29.8 Å². The first-order chi connectivity index (χ1) is 13.6. The minimum Gasteiger partial charge on any atom is -0.367 e. The lowest BCUT2D eigenvalue weighted by Gasteiger charge is -2.34. The summed E-state index contributed by atoms with van der Waals surface area (Å²) in [6, 6.07) is 15.5. The van der Waals surface area contributed by atoms with Crippen LogP contribution < -0.4 is 5.32 Å². The molecule has 2 aromatic rings. The summed E-state index contributed by atoms with van der Waals surface area (Å²) in [5, 5.41) is 2.83. The predicted molar refractivity (Wildman–Crippen MR) is 115 cm³/mol. The zero-order valence-corrected chi connectivity index (χ0v) is 17.3. The lowest BCUT2D eigenvalue weighted by atomic mass is 9.87. The van der Waals surface area contributed by atoms with E-state index in [0.717, 1.165) is 44.3 Å². The van der Waals surface area contributed by atoms with Crippen molar-refractivity contribution in [3.63, 3.8) is 0 Å². The van der Waals surface area contributed by atoms with Crippen LogP contribution in [0.5, 0.6) is 0 Å². The van der Waals surface area contributed by atoms with Crippen molar-refractivity contribution in [3.8, 4) is 0 Å². The van der Waals surface area contributed by atoms with Gasteiger partial charge >= 0.3 is 0 Å². The van der Waals surface area contributed by atoms with Crippen LogP contribution in [0.25, 0.3) is 5.70 Å². The number of nitrogens with zero attached hydrogens (tertiary/aromatic N) is 1. The molecule has 1 N–H and O–H groups in total. The minimum atomic E-state index is -0.960. The Kier molecular flexibility index (Phi) is 5.29. The van der Waals surface area contributed by atoms with Gasteiger partial charge in [0.2, 0.25) is 0 Å². The van der Waals surface area contributed by atoms with Crippen molar-refractivity contribution < 1.29 is 4.39 Å². The van der Waals surface area contributed by atoms with Crippen molar-refractivity contribution in [2.75, 3.05) is 13.6 Å². The Morgan fingerprint density at radius 3 is 2.57 bits per heavy atom. The topological polar surface area (TPSA) is 15.3 Å². The van der Waals surface area contributed by atoms with Crippen LogP contribution in [0, 0.1) is 6.92 Å². The normalized spacial score (nSPS) is 20.1. The highest BCUT2D eigenvalue weighted by atomic mass is 19.1. The zero-order chi connectivity index (χ0) is 19.7. The molecule has 1 fully saturated rings. The van der Waals surface area contributed by atoms with Crippen LogP contribution in [0.1, 0.15) is 54.0 Å². The van der Waals surface area contributed by atoms with Gasteiger partial charge in [0.15, 0.2) is 6.30 Å². The number of hydrogen-bond donors (Lipinski definition) is 1. The van der Waals surface area contributed by atoms with Crippen LogP contribution in [0.4, 0.5) is 4.39 Å². The van der Waals surface area contributed by atoms with Crippen LogP contribution in [0.2, 0.25) is 0 Å². The number of aryl methyl sites for hydroxylation is 1. The molecule has 1 atom stereocenters. The molecule has 2 aromatic carbocycles. The molecule has 0 bridgehead atoms. The predicted octanol–water partition coefficient (Wildman–Crippen LogP) is 5.35. The number of alkyl halides is 1. The van der Waals surface area contributed by atoms with Gasteiger partial charge in [-0.05, 0) is 56.3 Å². The molecule has 0 spiro atoms. The van der Waals surface area contributed by atoms with E-state index in [4.69, 9.17) is 0 Å². The fourth-order valence-electron chi connectivity index (χ4n) is 4.52. The van der Waals surface area contributed by atoms with Crippen LogP contribution in [-0.4, -0.2) is 24.8 Å². The molecule has 0 saturated heterocycles. The monoisotopic (exact) mass is 378 g/mol. The second-order valence-electron chi connectivity index (χ2n) is 8.33. The summed E-state index contributed by atoms with van der Waals surface area (Å²) in [6.07, 6.45) is 5.28. The summed E-state index contributed by atoms with van der Waals surface area (Å²) in [6.45, 7) is 6.26. The van der Waals surface area contributed by atoms with E-state index in [1.54, 1.807) is 7.05 Å². The molecule has 1 aliphatic heterocycles. The smallest absolute Gasteiger partial charge is 0.160 e. The number of rotatable bonds is 6. The van der Waals surface area contributed by atoms with Gasteiger partial charge in [-0.1, -0.05) is 61.0 Å². The average molecular weight is 379 g/mol. The van der Waals surface area contributed by atoms with Gasteiger partial charge in [0.1, 0.15) is 0 Å². The fraction of sp³-hybridized carbons (Fsp3) is 0.440. The highest BCUT2D eigenvalue weighted by Gasteiger charge is 2.51. The maximum absolute atomic E-state index is 14.5. The van der Waals surface area contributed by atoms with Crippen molar-refractivity contribution in [2.45, 2.75) is 57.8 Å².